The number of ether oxygens (including phenoxy) is 1. The number of pyridine rings is 1. The molecule has 0 unspecified atom stereocenters. The molecule has 0 aliphatic carbocycles. The average molecular weight is 415 g/mol. The van der Waals surface area contributed by atoms with Gasteiger partial charge in [0.05, 0.1) is 12.0 Å². The van der Waals surface area contributed by atoms with E-state index < -0.39 is 5.41 Å². The van der Waals surface area contributed by atoms with Crippen LogP contribution in [0.3, 0.4) is 0 Å². The molecule has 1 atom stereocenters. The lowest BCUT2D eigenvalue weighted by Crippen LogP contribution is -2.49. The maximum atomic E-state index is 12.9. The molecule has 5 heteroatoms. The lowest BCUT2D eigenvalue weighted by Gasteiger charge is -2.42. The fourth-order valence-corrected chi connectivity index (χ4v) is 4.39. The van der Waals surface area contributed by atoms with Crippen LogP contribution in [-0.2, 0) is 22.4 Å². The number of aromatic nitrogens is 1. The normalized spacial score (nSPS) is 17.7. The number of halogens is 1. The first-order valence-corrected chi connectivity index (χ1v) is 10.9. The zero-order valence-electron chi connectivity index (χ0n) is 17.7. The van der Waals surface area contributed by atoms with Crippen molar-refractivity contribution in [3.05, 3.63) is 64.4 Å². The van der Waals surface area contributed by atoms with Crippen molar-refractivity contribution >= 4 is 17.6 Å². The van der Waals surface area contributed by atoms with Crippen LogP contribution >= 0.6 is 11.6 Å². The fraction of sp³-hybridized carbons (Fsp3) is 0.500. The zero-order valence-corrected chi connectivity index (χ0v) is 18.4. The second-order valence-electron chi connectivity index (χ2n) is 8.16. The lowest BCUT2D eigenvalue weighted by molar-refractivity contribution is -0.159. The van der Waals surface area contributed by atoms with Crippen molar-refractivity contribution in [2.24, 2.45) is 5.41 Å². The number of likely N-dealkylation sites (tertiary alicyclic amines) is 1. The number of rotatable bonds is 7. The van der Waals surface area contributed by atoms with Crippen molar-refractivity contribution in [1.82, 2.24) is 9.88 Å². The molecule has 3 rings (SSSR count). The van der Waals surface area contributed by atoms with Crippen LogP contribution in [-0.4, -0.2) is 41.6 Å². The van der Waals surface area contributed by atoms with Crippen molar-refractivity contribution < 1.29 is 9.53 Å². The second kappa shape index (κ2) is 9.73. The smallest absolute Gasteiger partial charge is 0.312 e. The monoisotopic (exact) mass is 414 g/mol. The molecule has 1 saturated heterocycles. The minimum absolute atomic E-state index is 0.0670. The van der Waals surface area contributed by atoms with Gasteiger partial charge in [-0.2, -0.15) is 0 Å². The maximum Gasteiger partial charge on any atom is 0.312 e. The van der Waals surface area contributed by atoms with E-state index in [1.165, 1.54) is 0 Å². The molecular weight excluding hydrogens is 384 g/mol. The summed E-state index contributed by atoms with van der Waals surface area (Å²) in [6, 6.07) is 14.4. The minimum Gasteiger partial charge on any atom is -0.466 e. The summed E-state index contributed by atoms with van der Waals surface area (Å²) in [6.45, 7) is 8.35. The highest BCUT2D eigenvalue weighted by molar-refractivity contribution is 6.30. The molecule has 29 heavy (non-hydrogen) atoms. The molecule has 0 saturated carbocycles. The standard InChI is InChI=1S/C24H31ClN2O2/c1-4-29-23(28)24(17-20-8-10-21(25)11-9-20)12-14-27(15-13-24)19(3)16-22-7-5-6-18(2)26-22/h5-11,19H,4,12-17H2,1-3H3/t19-/m1/s1. The molecule has 156 valence electrons. The first kappa shape index (κ1) is 21.8. The fourth-order valence-electron chi connectivity index (χ4n) is 4.27. The van der Waals surface area contributed by atoms with Gasteiger partial charge in [0.15, 0.2) is 0 Å². The maximum absolute atomic E-state index is 12.9. The summed E-state index contributed by atoms with van der Waals surface area (Å²) < 4.78 is 5.49. The SMILES string of the molecule is CCOC(=O)C1(Cc2ccc(Cl)cc2)CCN([C@H](C)Cc2cccc(C)n2)CC1. The molecule has 1 aliphatic heterocycles. The van der Waals surface area contributed by atoms with E-state index in [9.17, 15) is 4.79 Å². The Morgan fingerprint density at radius 3 is 2.52 bits per heavy atom. The Balaban J connectivity index is 1.68. The quantitative estimate of drug-likeness (QED) is 0.606. The van der Waals surface area contributed by atoms with Crippen LogP contribution < -0.4 is 0 Å². The Kier molecular flexibility index (Phi) is 7.31. The van der Waals surface area contributed by atoms with Gasteiger partial charge in [-0.3, -0.25) is 9.78 Å². The molecule has 2 heterocycles. The first-order chi connectivity index (χ1) is 13.9. The molecule has 0 radical (unpaired) electrons. The highest BCUT2D eigenvalue weighted by Gasteiger charge is 2.43. The third kappa shape index (κ3) is 5.58. The van der Waals surface area contributed by atoms with Gasteiger partial charge in [-0.05, 0) is 83.0 Å². The minimum atomic E-state index is -0.457. The molecule has 0 N–H and O–H groups in total. The van der Waals surface area contributed by atoms with Crippen molar-refractivity contribution in [3.8, 4) is 0 Å². The summed E-state index contributed by atoms with van der Waals surface area (Å²) in [6.07, 6.45) is 3.23. The van der Waals surface area contributed by atoms with Crippen molar-refractivity contribution in [3.63, 3.8) is 0 Å². The van der Waals surface area contributed by atoms with Crippen LogP contribution in [0.15, 0.2) is 42.5 Å². The number of carbonyl (C=O) groups excluding carboxylic acids is 1. The largest absolute Gasteiger partial charge is 0.466 e. The van der Waals surface area contributed by atoms with Gasteiger partial charge >= 0.3 is 5.97 Å². The lowest BCUT2D eigenvalue weighted by atomic mass is 9.73. The van der Waals surface area contributed by atoms with Crippen LogP contribution in [0.25, 0.3) is 0 Å². The number of hydrogen-bond acceptors (Lipinski definition) is 4. The number of aryl methyl sites for hydroxylation is 1. The van der Waals surface area contributed by atoms with Crippen LogP contribution in [0.4, 0.5) is 0 Å². The van der Waals surface area contributed by atoms with E-state index in [0.717, 1.165) is 49.3 Å². The van der Waals surface area contributed by atoms with Gasteiger partial charge in [-0.1, -0.05) is 29.8 Å². The Bertz CT molecular complexity index is 814. The van der Waals surface area contributed by atoms with Gasteiger partial charge in [0, 0.05) is 28.9 Å². The predicted octanol–water partition coefficient (Wildman–Crippen LogP) is 4.86. The number of benzene rings is 1. The number of piperidine rings is 1. The molecule has 0 spiro atoms. The van der Waals surface area contributed by atoms with Crippen LogP contribution in [0.2, 0.25) is 5.02 Å². The Hall–Kier alpha value is -1.91. The van der Waals surface area contributed by atoms with E-state index in [-0.39, 0.29) is 5.97 Å². The molecule has 1 aromatic heterocycles. The zero-order chi connectivity index (χ0) is 20.9. The number of esters is 1. The van der Waals surface area contributed by atoms with E-state index in [4.69, 9.17) is 16.3 Å². The van der Waals surface area contributed by atoms with E-state index >= 15 is 0 Å². The molecule has 1 fully saturated rings. The summed E-state index contributed by atoms with van der Waals surface area (Å²) in [5.41, 5.74) is 2.85. The summed E-state index contributed by atoms with van der Waals surface area (Å²) in [4.78, 5) is 20.0. The molecule has 0 bridgehead atoms. The molecule has 0 amide bonds. The third-order valence-corrected chi connectivity index (χ3v) is 6.25. The average Bonchev–Trinajstić information content (AvgIpc) is 2.70. The summed E-state index contributed by atoms with van der Waals surface area (Å²) in [5.74, 6) is -0.0670. The van der Waals surface area contributed by atoms with Gasteiger partial charge in [-0.15, -0.1) is 0 Å². The van der Waals surface area contributed by atoms with Gasteiger partial charge in [-0.25, -0.2) is 0 Å². The van der Waals surface area contributed by atoms with Crippen LogP contribution in [0.5, 0.6) is 0 Å². The number of hydrogen-bond donors (Lipinski definition) is 0. The summed E-state index contributed by atoms with van der Waals surface area (Å²) in [5, 5.41) is 0.715. The van der Waals surface area contributed by atoms with Gasteiger partial charge < -0.3 is 9.64 Å². The number of carbonyl (C=O) groups is 1. The first-order valence-electron chi connectivity index (χ1n) is 10.5. The Labute approximate surface area is 179 Å². The highest BCUT2D eigenvalue weighted by Crippen LogP contribution is 2.37. The van der Waals surface area contributed by atoms with E-state index in [0.29, 0.717) is 24.1 Å². The number of nitrogens with zero attached hydrogens (tertiary/aromatic N) is 2. The Morgan fingerprint density at radius 1 is 1.21 bits per heavy atom. The predicted molar refractivity (Wildman–Crippen MR) is 117 cm³/mol. The van der Waals surface area contributed by atoms with E-state index in [1.54, 1.807) is 0 Å². The molecule has 4 nitrogen and oxygen atoms in total. The topological polar surface area (TPSA) is 42.4 Å². The van der Waals surface area contributed by atoms with Crippen molar-refractivity contribution in [1.29, 1.82) is 0 Å². The van der Waals surface area contributed by atoms with Gasteiger partial charge in [0.25, 0.3) is 0 Å². The highest BCUT2D eigenvalue weighted by atomic mass is 35.5. The van der Waals surface area contributed by atoms with Crippen molar-refractivity contribution in [2.45, 2.75) is 52.5 Å². The van der Waals surface area contributed by atoms with Gasteiger partial charge in [0.1, 0.15) is 0 Å². The molecule has 1 aromatic carbocycles. The molecular formula is C24H31ClN2O2. The van der Waals surface area contributed by atoms with Crippen LogP contribution in [0.1, 0.15) is 43.6 Å². The summed E-state index contributed by atoms with van der Waals surface area (Å²) >= 11 is 6.03. The third-order valence-electron chi connectivity index (χ3n) is 5.99. The van der Waals surface area contributed by atoms with E-state index in [1.807, 2.05) is 44.2 Å². The van der Waals surface area contributed by atoms with Crippen LogP contribution in [0, 0.1) is 12.3 Å². The second-order valence-corrected chi connectivity index (χ2v) is 8.60. The molecule has 2 aromatic rings. The molecule has 1 aliphatic rings. The van der Waals surface area contributed by atoms with E-state index in [2.05, 4.69) is 28.9 Å². The summed E-state index contributed by atoms with van der Waals surface area (Å²) in [7, 11) is 0. The Morgan fingerprint density at radius 2 is 1.90 bits per heavy atom. The van der Waals surface area contributed by atoms with Gasteiger partial charge in [0.2, 0.25) is 0 Å². The van der Waals surface area contributed by atoms with Crippen molar-refractivity contribution in [2.75, 3.05) is 19.7 Å².